The second-order valence-electron chi connectivity index (χ2n) is 0. The van der Waals surface area contributed by atoms with E-state index >= 15 is 0 Å². The molecule has 0 N–H and O–H groups in total. The van der Waals surface area contributed by atoms with Crippen molar-refractivity contribution in [2.45, 2.75) is 0 Å². The standard InChI is InChI=1S/BrH.ClH.Fe.Li.H/h2*1H;;;/q;;;+1;-1. The molecule has 0 rings (SSSR count). The van der Waals surface area contributed by atoms with Gasteiger partial charge in [-0.05, 0) is 0 Å². The summed E-state index contributed by atoms with van der Waals surface area (Å²) in [5.41, 5.74) is 0. The van der Waals surface area contributed by atoms with Gasteiger partial charge in [-0.3, -0.25) is 0 Å². The topological polar surface area (TPSA) is 0 Å². The van der Waals surface area contributed by atoms with Gasteiger partial charge in [0, 0.05) is 17.1 Å². The van der Waals surface area contributed by atoms with Crippen LogP contribution >= 0.6 is 29.4 Å². The first-order valence-electron chi connectivity index (χ1n) is 0. The normalized spacial score (nSPS) is 0. The molecular formula is H3BrClFeLi. The van der Waals surface area contributed by atoms with E-state index in [2.05, 4.69) is 0 Å². The molecule has 0 aromatic carbocycles. The molecule has 4 heteroatoms. The summed E-state index contributed by atoms with van der Waals surface area (Å²) in [4.78, 5) is 0. The molecule has 0 aliphatic heterocycles. The summed E-state index contributed by atoms with van der Waals surface area (Å²) in [6.45, 7) is 0. The van der Waals surface area contributed by atoms with Crippen LogP contribution in [0.25, 0.3) is 0 Å². The maximum absolute atomic E-state index is 0. The molecule has 0 atom stereocenters. The van der Waals surface area contributed by atoms with Gasteiger partial charge in [-0.2, -0.15) is 0 Å². The first-order valence-corrected chi connectivity index (χ1v) is 0. The van der Waals surface area contributed by atoms with Crippen LogP contribution in [0.3, 0.4) is 0 Å². The average molecular weight is 181 g/mol. The minimum absolute atomic E-state index is 0. The molecule has 0 nitrogen and oxygen atoms in total. The molecule has 0 fully saturated rings. The van der Waals surface area contributed by atoms with Crippen LogP contribution in [-0.4, -0.2) is 0 Å². The van der Waals surface area contributed by atoms with Crippen LogP contribution in [0.4, 0.5) is 0 Å². The van der Waals surface area contributed by atoms with E-state index < -0.39 is 0 Å². The molecule has 0 aliphatic carbocycles. The zero-order chi connectivity index (χ0) is 0. The van der Waals surface area contributed by atoms with E-state index in [9.17, 15) is 0 Å². The molecule has 0 saturated heterocycles. The monoisotopic (exact) mass is 180 g/mol. The Morgan fingerprint density at radius 3 is 1.25 bits per heavy atom. The van der Waals surface area contributed by atoms with Crippen molar-refractivity contribution in [1.29, 1.82) is 0 Å². The SMILES string of the molecule is Br.Cl.[Fe].[H-].[Li+]. The molecule has 0 heterocycles. The zero-order valence-electron chi connectivity index (χ0n) is 3.17. The summed E-state index contributed by atoms with van der Waals surface area (Å²) in [6.07, 6.45) is 0. The molecular weight excluding hydrogens is 178 g/mol. The predicted octanol–water partition coefficient (Wildman–Crippen LogP) is -1.89. The van der Waals surface area contributed by atoms with Crippen molar-refractivity contribution in [2.24, 2.45) is 0 Å². The van der Waals surface area contributed by atoms with Gasteiger partial charge < -0.3 is 1.43 Å². The molecule has 0 aliphatic rings. The van der Waals surface area contributed by atoms with Gasteiger partial charge in [0.1, 0.15) is 0 Å². The molecule has 0 aromatic heterocycles. The molecule has 0 amide bonds. The quantitative estimate of drug-likeness (QED) is 0.383. The Kier molecular flexibility index (Phi) is 205. The Bertz CT molecular complexity index is 11.6. The van der Waals surface area contributed by atoms with Gasteiger partial charge in [-0.1, -0.05) is 0 Å². The Labute approximate surface area is 66.4 Å². The zero-order valence-corrected chi connectivity index (χ0v) is 5.80. The third kappa shape index (κ3) is 9.10. The Morgan fingerprint density at radius 2 is 1.25 bits per heavy atom. The van der Waals surface area contributed by atoms with Gasteiger partial charge in [0.05, 0.1) is 0 Å². The van der Waals surface area contributed by atoms with Gasteiger partial charge in [0.2, 0.25) is 0 Å². The van der Waals surface area contributed by atoms with Crippen LogP contribution in [-0.2, 0) is 17.1 Å². The molecule has 0 radical (unpaired) electrons. The third-order valence-corrected chi connectivity index (χ3v) is 0. The smallest absolute Gasteiger partial charge is 1.00 e. The summed E-state index contributed by atoms with van der Waals surface area (Å²) in [5.74, 6) is 0. The van der Waals surface area contributed by atoms with E-state index in [-0.39, 0.29) is 66.7 Å². The summed E-state index contributed by atoms with van der Waals surface area (Å²) in [6, 6.07) is 0. The minimum Gasteiger partial charge on any atom is -1.00 e. The van der Waals surface area contributed by atoms with Gasteiger partial charge >= 0.3 is 18.9 Å². The molecule has 0 unspecified atom stereocenters. The van der Waals surface area contributed by atoms with Crippen LogP contribution in [0.5, 0.6) is 0 Å². The Balaban J connectivity index is 0. The molecule has 0 bridgehead atoms. The van der Waals surface area contributed by atoms with Gasteiger partial charge in [-0.15, -0.1) is 29.4 Å². The molecule has 0 saturated carbocycles. The predicted molar refractivity (Wildman–Crippen MR) is 18.7 cm³/mol. The van der Waals surface area contributed by atoms with E-state index in [0.717, 1.165) is 0 Å². The summed E-state index contributed by atoms with van der Waals surface area (Å²) >= 11 is 0. The number of hydrogen-bond donors (Lipinski definition) is 0. The van der Waals surface area contributed by atoms with Crippen LogP contribution < -0.4 is 18.9 Å². The summed E-state index contributed by atoms with van der Waals surface area (Å²) in [7, 11) is 0. The van der Waals surface area contributed by atoms with E-state index in [0.29, 0.717) is 0 Å². The summed E-state index contributed by atoms with van der Waals surface area (Å²) < 4.78 is 0. The van der Waals surface area contributed by atoms with Crippen LogP contribution in [0.1, 0.15) is 1.43 Å². The molecule has 26 valence electrons. The first-order chi connectivity index (χ1) is 0. The van der Waals surface area contributed by atoms with Gasteiger partial charge in [-0.25, -0.2) is 0 Å². The van der Waals surface area contributed by atoms with E-state index in [1.165, 1.54) is 0 Å². The number of hydrogen-bond acceptors (Lipinski definition) is 0. The fourth-order valence-electron chi connectivity index (χ4n) is 0. The van der Waals surface area contributed by atoms with Crippen LogP contribution in [0, 0.1) is 0 Å². The molecule has 4 heavy (non-hydrogen) atoms. The Hall–Kier alpha value is 1.89. The Morgan fingerprint density at radius 1 is 1.25 bits per heavy atom. The molecule has 0 aromatic rings. The largest absolute Gasteiger partial charge is 1.00 e. The van der Waals surface area contributed by atoms with Crippen molar-refractivity contribution < 1.29 is 37.4 Å². The third-order valence-electron chi connectivity index (χ3n) is 0. The van der Waals surface area contributed by atoms with Crippen molar-refractivity contribution in [3.63, 3.8) is 0 Å². The second-order valence-corrected chi connectivity index (χ2v) is 0. The van der Waals surface area contributed by atoms with Crippen molar-refractivity contribution in [1.82, 2.24) is 0 Å². The van der Waals surface area contributed by atoms with Crippen LogP contribution in [0.2, 0.25) is 0 Å². The minimum atomic E-state index is 0. The van der Waals surface area contributed by atoms with Crippen LogP contribution in [0.15, 0.2) is 0 Å². The van der Waals surface area contributed by atoms with Crippen molar-refractivity contribution >= 4 is 29.4 Å². The second kappa shape index (κ2) is 20.7. The van der Waals surface area contributed by atoms with Gasteiger partial charge in [0.15, 0.2) is 0 Å². The van der Waals surface area contributed by atoms with E-state index in [1.807, 2.05) is 0 Å². The van der Waals surface area contributed by atoms with E-state index in [1.54, 1.807) is 0 Å². The van der Waals surface area contributed by atoms with Crippen molar-refractivity contribution in [3.05, 3.63) is 0 Å². The number of halogens is 2. The molecule has 0 spiro atoms. The average Bonchev–Trinajstić information content (AvgIpc) is 0. The maximum Gasteiger partial charge on any atom is 1.00 e. The summed E-state index contributed by atoms with van der Waals surface area (Å²) in [5, 5.41) is 0. The van der Waals surface area contributed by atoms with Crippen molar-refractivity contribution in [3.8, 4) is 0 Å². The van der Waals surface area contributed by atoms with Crippen molar-refractivity contribution in [2.75, 3.05) is 0 Å². The first kappa shape index (κ1) is 39.5. The van der Waals surface area contributed by atoms with Gasteiger partial charge in [0.25, 0.3) is 0 Å². The maximum atomic E-state index is 0. The van der Waals surface area contributed by atoms with E-state index in [4.69, 9.17) is 0 Å². The fourth-order valence-corrected chi connectivity index (χ4v) is 0. The fraction of sp³-hybridized carbons (Fsp3) is 0. The number of rotatable bonds is 0.